The fourth-order valence-electron chi connectivity index (χ4n) is 12.9. The van der Waals surface area contributed by atoms with Gasteiger partial charge in [-0.15, -0.1) is 0 Å². The fourth-order valence-corrected chi connectivity index (χ4v) is 12.9. The van der Waals surface area contributed by atoms with E-state index in [-0.39, 0.29) is 22.3 Å². The molecule has 8 aromatic carbocycles. The van der Waals surface area contributed by atoms with Gasteiger partial charge in [0.25, 0.3) is 0 Å². The lowest BCUT2D eigenvalue weighted by atomic mass is 9.68. The van der Waals surface area contributed by atoms with E-state index in [4.69, 9.17) is 6.58 Å². The van der Waals surface area contributed by atoms with E-state index in [0.29, 0.717) is 11.8 Å². The highest BCUT2D eigenvalue weighted by atomic mass is 15.1. The molecule has 2 aliphatic rings. The molecule has 0 amide bonds. The molecule has 11 rings (SSSR count). The van der Waals surface area contributed by atoms with Gasteiger partial charge in [-0.1, -0.05) is 260 Å². The van der Waals surface area contributed by atoms with E-state index in [0.717, 1.165) is 17.7 Å². The Labute approximate surface area is 466 Å². The third-order valence-electron chi connectivity index (χ3n) is 17.7. The van der Waals surface area contributed by atoms with Crippen molar-refractivity contribution in [2.24, 2.45) is 17.3 Å². The number of rotatable bonds is 8. The topological polar surface area (TPSA) is 17.0 Å². The molecule has 3 atom stereocenters. The molecule has 2 nitrogen and oxygen atoms in total. The first-order chi connectivity index (χ1) is 37.1. The van der Waals surface area contributed by atoms with Gasteiger partial charge >= 0.3 is 0 Å². The summed E-state index contributed by atoms with van der Waals surface area (Å²) in [5, 5.41) is 11.7. The zero-order valence-electron chi connectivity index (χ0n) is 48.9. The Balaban J connectivity index is 1.39. The van der Waals surface area contributed by atoms with Crippen molar-refractivity contribution < 1.29 is 0 Å². The maximum atomic E-state index is 5.30. The molecule has 0 fully saturated rings. The van der Waals surface area contributed by atoms with Gasteiger partial charge in [0.1, 0.15) is 0 Å². The van der Waals surface area contributed by atoms with Crippen molar-refractivity contribution in [3.8, 4) is 33.4 Å². The summed E-state index contributed by atoms with van der Waals surface area (Å²) in [4.78, 5) is 0. The number of nitrogens with one attached hydrogen (secondary N) is 1. The predicted octanol–water partition coefficient (Wildman–Crippen LogP) is 21.0. The van der Waals surface area contributed by atoms with Crippen molar-refractivity contribution >= 4 is 54.6 Å². The quantitative estimate of drug-likeness (QED) is 0.150. The number of allylic oxidation sites excluding steroid dienone is 7. The zero-order chi connectivity index (χ0) is 55.2. The minimum absolute atomic E-state index is 0.00806. The van der Waals surface area contributed by atoms with E-state index in [1.807, 2.05) is 0 Å². The Hall–Kier alpha value is -7.42. The average Bonchev–Trinajstić information content (AvgIpc) is 4.09. The summed E-state index contributed by atoms with van der Waals surface area (Å²) < 4.78 is 2.70. The van der Waals surface area contributed by atoms with Crippen molar-refractivity contribution in [2.75, 3.05) is 0 Å². The van der Waals surface area contributed by atoms with E-state index >= 15 is 0 Å². The molecule has 1 N–H and O–H groups in total. The first-order valence-electron chi connectivity index (χ1n) is 28.8. The molecule has 0 saturated carbocycles. The highest BCUT2D eigenvalue weighted by molar-refractivity contribution is 6.26. The number of benzene rings is 8. The minimum atomic E-state index is -0.669. The van der Waals surface area contributed by atoms with Gasteiger partial charge in [-0.25, -0.2) is 0 Å². The second kappa shape index (κ2) is 19.5. The summed E-state index contributed by atoms with van der Waals surface area (Å²) in [5.74, 6) is 0.704. The molecule has 9 aromatic rings. The van der Waals surface area contributed by atoms with Crippen LogP contribution < -0.4 is 5.32 Å². The third kappa shape index (κ3) is 8.71. The molecule has 0 spiro atoms. The van der Waals surface area contributed by atoms with Crippen LogP contribution in [0, 0.1) is 17.3 Å². The Morgan fingerprint density at radius 1 is 0.603 bits per heavy atom. The van der Waals surface area contributed by atoms with Gasteiger partial charge in [-0.3, -0.25) is 0 Å². The lowest BCUT2D eigenvalue weighted by Gasteiger charge is -2.35. The van der Waals surface area contributed by atoms with E-state index in [1.165, 1.54) is 116 Å². The minimum Gasteiger partial charge on any atom is -0.378 e. The van der Waals surface area contributed by atoms with Gasteiger partial charge in [0.2, 0.25) is 0 Å². The maximum Gasteiger partial charge on any atom is 0.0607 e. The van der Waals surface area contributed by atoms with Gasteiger partial charge in [0.05, 0.1) is 16.4 Å². The largest absolute Gasteiger partial charge is 0.378 e. The molecule has 78 heavy (non-hydrogen) atoms. The Morgan fingerprint density at radius 3 is 1.64 bits per heavy atom. The standard InChI is InChI=1S/C76H80N2/c1-16-28-52(73(6,7)8)43-54-39-41-65(48(4)47(2)3)77-49(5)67(72-76(54,15)64-46-55(75(12,13)14)45-63-62-44-53(74(9,10)11)40-42-66(62)78(72)71(63)64)69-58-33-23-25-35-60(58)70(61-36-26-24-34-59(61)69)68-56(50-29-19-17-20-30-50)37-27-38-57(68)51-31-21-18-22-32-51/h17-48,65,77H,5,16H2,1-4,6-15H3/b41-39+,52-28+,54-43-,72-67?/t48-,65?,76?/m1/s1. The van der Waals surface area contributed by atoms with Crippen LogP contribution in [0.4, 0.5) is 0 Å². The molecule has 1 aromatic heterocycles. The van der Waals surface area contributed by atoms with Crippen LogP contribution in [0.3, 0.4) is 0 Å². The van der Waals surface area contributed by atoms with Crippen LogP contribution in [0.5, 0.6) is 0 Å². The van der Waals surface area contributed by atoms with Gasteiger partial charge < -0.3 is 9.88 Å². The monoisotopic (exact) mass is 1020 g/mol. The molecule has 0 bridgehead atoms. The van der Waals surface area contributed by atoms with Gasteiger partial charge in [0.15, 0.2) is 0 Å². The summed E-state index contributed by atoms with van der Waals surface area (Å²) in [5.41, 5.74) is 20.0. The summed E-state index contributed by atoms with van der Waals surface area (Å²) in [6, 6.07) is 59.8. The van der Waals surface area contributed by atoms with Crippen LogP contribution in [0.1, 0.15) is 126 Å². The molecule has 2 heteroatoms. The molecule has 0 saturated heterocycles. The van der Waals surface area contributed by atoms with Gasteiger partial charge in [-0.05, 0) is 142 Å². The second-order valence-electron chi connectivity index (χ2n) is 26.2. The van der Waals surface area contributed by atoms with Gasteiger partial charge in [-0.2, -0.15) is 0 Å². The smallest absolute Gasteiger partial charge is 0.0607 e. The van der Waals surface area contributed by atoms with Crippen molar-refractivity contribution in [1.29, 1.82) is 0 Å². The Kier molecular flexibility index (Phi) is 13.1. The van der Waals surface area contributed by atoms with Crippen molar-refractivity contribution in [3.63, 3.8) is 0 Å². The van der Waals surface area contributed by atoms with Crippen LogP contribution in [-0.4, -0.2) is 10.6 Å². The fraction of sp³-hybridized carbons (Fsp3) is 0.289. The second-order valence-corrected chi connectivity index (χ2v) is 26.2. The van der Waals surface area contributed by atoms with Crippen molar-refractivity contribution in [2.45, 2.75) is 126 Å². The lowest BCUT2D eigenvalue weighted by molar-refractivity contribution is 0.356. The SMILES string of the molecule is C=C1NC([C@H](C)C(C)C)/C=C/C(=C/C(=C\CC)C(C)(C)C)C2(C)C(=C1c1c3ccccc3c(-c3c(-c4ccccc4)cccc3-c3ccccc3)c3ccccc13)n1c3ccc(C(C)(C)C)cc3c3cc(C(C)(C)C)cc2c31. The van der Waals surface area contributed by atoms with E-state index in [2.05, 4.69) is 289 Å². The molecule has 0 radical (unpaired) electrons. The predicted molar refractivity (Wildman–Crippen MR) is 340 cm³/mol. The molecule has 394 valence electrons. The number of aromatic nitrogens is 1. The highest BCUT2D eigenvalue weighted by Crippen LogP contribution is 2.60. The molecule has 2 aliphatic heterocycles. The first kappa shape index (κ1) is 52.6. The maximum absolute atomic E-state index is 5.30. The summed E-state index contributed by atoms with van der Waals surface area (Å²) >= 11 is 0. The lowest BCUT2D eigenvalue weighted by Crippen LogP contribution is -2.35. The van der Waals surface area contributed by atoms with Crippen LogP contribution in [-0.2, 0) is 16.2 Å². The molecular formula is C76H80N2. The van der Waals surface area contributed by atoms with Gasteiger partial charge in [0, 0.05) is 39.3 Å². The zero-order valence-corrected chi connectivity index (χ0v) is 48.9. The third-order valence-corrected chi connectivity index (χ3v) is 17.7. The number of hydrogen-bond acceptors (Lipinski definition) is 1. The van der Waals surface area contributed by atoms with E-state index in [1.54, 1.807) is 0 Å². The van der Waals surface area contributed by atoms with Crippen molar-refractivity contribution in [3.05, 3.63) is 228 Å². The Morgan fingerprint density at radius 2 is 1.13 bits per heavy atom. The van der Waals surface area contributed by atoms with E-state index in [9.17, 15) is 0 Å². The Bertz CT molecular complexity index is 3860. The number of nitrogens with zero attached hydrogens (tertiary/aromatic N) is 1. The summed E-state index contributed by atoms with van der Waals surface area (Å²) in [6.45, 7) is 38.5. The van der Waals surface area contributed by atoms with Crippen molar-refractivity contribution in [1.82, 2.24) is 9.88 Å². The van der Waals surface area contributed by atoms with Crippen LogP contribution in [0.15, 0.2) is 205 Å². The normalized spacial score (nSPS) is 18.7. The summed E-state index contributed by atoms with van der Waals surface area (Å²) in [6.07, 6.45) is 11.0. The number of fused-ring (bicyclic) bond motifs is 8. The highest BCUT2D eigenvalue weighted by Gasteiger charge is 2.48. The molecule has 3 heterocycles. The van der Waals surface area contributed by atoms with E-state index < -0.39 is 5.41 Å². The van der Waals surface area contributed by atoms with Crippen LogP contribution in [0.25, 0.3) is 88.0 Å². The van der Waals surface area contributed by atoms with Crippen LogP contribution in [0.2, 0.25) is 0 Å². The number of hydrogen-bond donors (Lipinski definition) is 1. The molecule has 2 unspecified atom stereocenters. The van der Waals surface area contributed by atoms with Crippen LogP contribution >= 0.6 is 0 Å². The summed E-state index contributed by atoms with van der Waals surface area (Å²) in [7, 11) is 0. The first-order valence-corrected chi connectivity index (χ1v) is 28.8. The molecule has 0 aliphatic carbocycles. The average molecular weight is 1020 g/mol. The molecular weight excluding hydrogens is 941 g/mol.